The van der Waals surface area contributed by atoms with Crippen LogP contribution in [0.15, 0.2) is 36.8 Å². The second-order valence-corrected chi connectivity index (χ2v) is 5.64. The normalized spacial score (nSPS) is 12.5. The number of nitrogens with zero attached hydrogens (tertiary/aromatic N) is 2. The standard InChI is InChI=1S/C15H15F3N2/c1-14(2,3)11-4-5-20-13(7-11)10-6-12(9-19-8-10)15(16,17)18/h4-9H,1-3H3. The Kier molecular flexibility index (Phi) is 3.54. The fraction of sp³-hybridized carbons (Fsp3) is 0.333. The Morgan fingerprint density at radius 3 is 2.25 bits per heavy atom. The number of alkyl halides is 3. The van der Waals surface area contributed by atoms with Crippen molar-refractivity contribution in [2.75, 3.05) is 0 Å². The van der Waals surface area contributed by atoms with Gasteiger partial charge in [0.2, 0.25) is 0 Å². The summed E-state index contributed by atoms with van der Waals surface area (Å²) in [7, 11) is 0. The van der Waals surface area contributed by atoms with Crippen molar-refractivity contribution in [2.24, 2.45) is 0 Å². The highest BCUT2D eigenvalue weighted by atomic mass is 19.4. The molecule has 2 rings (SSSR count). The predicted octanol–water partition coefficient (Wildman–Crippen LogP) is 4.46. The number of aromatic nitrogens is 2. The quantitative estimate of drug-likeness (QED) is 0.770. The number of pyridine rings is 2. The van der Waals surface area contributed by atoms with E-state index >= 15 is 0 Å². The highest BCUT2D eigenvalue weighted by Crippen LogP contribution is 2.32. The maximum atomic E-state index is 12.7. The van der Waals surface area contributed by atoms with Gasteiger partial charge in [0, 0.05) is 24.2 Å². The van der Waals surface area contributed by atoms with E-state index in [2.05, 4.69) is 9.97 Å². The fourth-order valence-electron chi connectivity index (χ4n) is 1.79. The summed E-state index contributed by atoms with van der Waals surface area (Å²) in [4.78, 5) is 7.80. The molecule has 5 heteroatoms. The molecule has 2 heterocycles. The molecule has 0 radical (unpaired) electrons. The van der Waals surface area contributed by atoms with E-state index in [0.29, 0.717) is 11.3 Å². The lowest BCUT2D eigenvalue weighted by molar-refractivity contribution is -0.137. The third-order valence-electron chi connectivity index (χ3n) is 2.99. The van der Waals surface area contributed by atoms with Crippen molar-refractivity contribution in [3.8, 4) is 11.3 Å². The smallest absolute Gasteiger partial charge is 0.263 e. The van der Waals surface area contributed by atoms with E-state index in [0.717, 1.165) is 17.8 Å². The van der Waals surface area contributed by atoms with E-state index in [1.54, 1.807) is 12.3 Å². The molecular formula is C15H15F3N2. The molecule has 0 aliphatic heterocycles. The maximum absolute atomic E-state index is 12.7. The summed E-state index contributed by atoms with van der Waals surface area (Å²) in [5, 5.41) is 0. The number of hydrogen-bond donors (Lipinski definition) is 0. The molecule has 2 aromatic rings. The maximum Gasteiger partial charge on any atom is 0.417 e. The summed E-state index contributed by atoms with van der Waals surface area (Å²) in [6.07, 6.45) is -0.581. The summed E-state index contributed by atoms with van der Waals surface area (Å²) < 4.78 is 38.1. The first kappa shape index (κ1) is 14.5. The first-order chi connectivity index (χ1) is 9.18. The molecule has 0 atom stereocenters. The number of hydrogen-bond acceptors (Lipinski definition) is 2. The molecule has 2 aromatic heterocycles. The van der Waals surface area contributed by atoms with E-state index in [4.69, 9.17) is 0 Å². The summed E-state index contributed by atoms with van der Waals surface area (Å²) in [5.41, 5.74) is 1.02. The first-order valence-electron chi connectivity index (χ1n) is 6.17. The third kappa shape index (κ3) is 3.15. The van der Waals surface area contributed by atoms with Crippen molar-refractivity contribution in [3.63, 3.8) is 0 Å². The molecule has 0 spiro atoms. The van der Waals surface area contributed by atoms with Gasteiger partial charge in [0.25, 0.3) is 0 Å². The lowest BCUT2D eigenvalue weighted by Crippen LogP contribution is -2.11. The molecule has 0 aliphatic carbocycles. The van der Waals surface area contributed by atoms with Gasteiger partial charge in [0.15, 0.2) is 0 Å². The average molecular weight is 280 g/mol. The zero-order valence-electron chi connectivity index (χ0n) is 11.5. The van der Waals surface area contributed by atoms with Crippen molar-refractivity contribution in [2.45, 2.75) is 32.4 Å². The van der Waals surface area contributed by atoms with Gasteiger partial charge in [-0.05, 0) is 29.2 Å². The van der Waals surface area contributed by atoms with Crippen molar-refractivity contribution in [1.82, 2.24) is 9.97 Å². The predicted molar refractivity (Wildman–Crippen MR) is 71.2 cm³/mol. The van der Waals surface area contributed by atoms with E-state index < -0.39 is 11.7 Å². The summed E-state index contributed by atoms with van der Waals surface area (Å²) in [6, 6.07) is 4.74. The minimum atomic E-state index is -4.40. The molecule has 2 nitrogen and oxygen atoms in total. The monoisotopic (exact) mass is 280 g/mol. The SMILES string of the molecule is CC(C)(C)c1ccnc(-c2cncc(C(F)(F)F)c2)c1. The Balaban J connectivity index is 2.47. The molecule has 106 valence electrons. The van der Waals surface area contributed by atoms with E-state index in [-0.39, 0.29) is 5.41 Å². The van der Waals surface area contributed by atoms with Gasteiger partial charge in [0.1, 0.15) is 0 Å². The minimum absolute atomic E-state index is 0.0905. The molecular weight excluding hydrogens is 265 g/mol. The number of rotatable bonds is 1. The summed E-state index contributed by atoms with van der Waals surface area (Å²) in [5.74, 6) is 0. The van der Waals surface area contributed by atoms with Crippen LogP contribution in [-0.2, 0) is 11.6 Å². The molecule has 0 aromatic carbocycles. The molecule has 0 saturated heterocycles. The van der Waals surface area contributed by atoms with E-state index in [9.17, 15) is 13.2 Å². The van der Waals surface area contributed by atoms with Gasteiger partial charge < -0.3 is 0 Å². The Labute approximate surface area is 115 Å². The van der Waals surface area contributed by atoms with Gasteiger partial charge in [-0.25, -0.2) is 0 Å². The van der Waals surface area contributed by atoms with E-state index in [1.807, 2.05) is 26.8 Å². The van der Waals surface area contributed by atoms with Crippen LogP contribution in [0.5, 0.6) is 0 Å². The van der Waals surface area contributed by atoms with Gasteiger partial charge in [-0.1, -0.05) is 20.8 Å². The Morgan fingerprint density at radius 2 is 1.65 bits per heavy atom. The topological polar surface area (TPSA) is 25.8 Å². The summed E-state index contributed by atoms with van der Waals surface area (Å²) >= 11 is 0. The van der Waals surface area contributed by atoms with Gasteiger partial charge in [-0.2, -0.15) is 13.2 Å². The van der Waals surface area contributed by atoms with Gasteiger partial charge in [-0.15, -0.1) is 0 Å². The van der Waals surface area contributed by atoms with E-state index in [1.165, 1.54) is 6.20 Å². The Hall–Kier alpha value is -1.91. The van der Waals surface area contributed by atoms with Crippen LogP contribution in [0.25, 0.3) is 11.3 Å². The molecule has 0 aliphatic rings. The zero-order valence-corrected chi connectivity index (χ0v) is 11.5. The van der Waals surface area contributed by atoms with Crippen molar-refractivity contribution >= 4 is 0 Å². The van der Waals surface area contributed by atoms with Crippen LogP contribution in [-0.4, -0.2) is 9.97 Å². The van der Waals surface area contributed by atoms with Crippen molar-refractivity contribution in [3.05, 3.63) is 47.9 Å². The third-order valence-corrected chi connectivity index (χ3v) is 2.99. The largest absolute Gasteiger partial charge is 0.417 e. The second-order valence-electron chi connectivity index (χ2n) is 5.64. The zero-order chi connectivity index (χ0) is 15.0. The van der Waals surface area contributed by atoms with Crippen LogP contribution in [0.1, 0.15) is 31.9 Å². The molecule has 0 unspecified atom stereocenters. The van der Waals surface area contributed by atoms with Gasteiger partial charge in [-0.3, -0.25) is 9.97 Å². The molecule has 20 heavy (non-hydrogen) atoms. The molecule has 0 N–H and O–H groups in total. The second kappa shape index (κ2) is 4.89. The Bertz CT molecular complexity index is 558. The summed E-state index contributed by atoms with van der Waals surface area (Å²) in [6.45, 7) is 6.11. The molecule has 0 fully saturated rings. The van der Waals surface area contributed by atoms with Crippen LogP contribution in [0.3, 0.4) is 0 Å². The highest BCUT2D eigenvalue weighted by Gasteiger charge is 2.31. The fourth-order valence-corrected chi connectivity index (χ4v) is 1.79. The lowest BCUT2D eigenvalue weighted by Gasteiger charge is -2.19. The van der Waals surface area contributed by atoms with Crippen LogP contribution in [0.4, 0.5) is 13.2 Å². The highest BCUT2D eigenvalue weighted by molar-refractivity contribution is 5.60. The van der Waals surface area contributed by atoms with Crippen molar-refractivity contribution < 1.29 is 13.2 Å². The van der Waals surface area contributed by atoms with Crippen LogP contribution in [0, 0.1) is 0 Å². The molecule has 0 bridgehead atoms. The molecule has 0 saturated carbocycles. The van der Waals surface area contributed by atoms with Crippen LogP contribution >= 0.6 is 0 Å². The molecule has 0 amide bonds. The van der Waals surface area contributed by atoms with Gasteiger partial charge in [0.05, 0.1) is 11.3 Å². The number of halogens is 3. The first-order valence-corrected chi connectivity index (χ1v) is 6.17. The average Bonchev–Trinajstić information content (AvgIpc) is 2.37. The lowest BCUT2D eigenvalue weighted by atomic mass is 9.87. The van der Waals surface area contributed by atoms with Crippen molar-refractivity contribution in [1.29, 1.82) is 0 Å². The minimum Gasteiger partial charge on any atom is -0.263 e. The van der Waals surface area contributed by atoms with Crippen LogP contribution < -0.4 is 0 Å². The Morgan fingerprint density at radius 1 is 0.950 bits per heavy atom. The van der Waals surface area contributed by atoms with Crippen LogP contribution in [0.2, 0.25) is 0 Å². The van der Waals surface area contributed by atoms with Gasteiger partial charge >= 0.3 is 6.18 Å².